The molecule has 72 valence electrons. The van der Waals surface area contributed by atoms with Gasteiger partial charge in [-0.05, 0) is 12.1 Å². The van der Waals surface area contributed by atoms with Gasteiger partial charge in [-0.25, -0.2) is 4.85 Å². The topological polar surface area (TPSA) is 13.6 Å². The van der Waals surface area contributed by atoms with E-state index in [4.69, 9.17) is 22.9 Å². The van der Waals surface area contributed by atoms with E-state index >= 15 is 0 Å². The Labute approximate surface area is 88.6 Å². The van der Waals surface area contributed by atoms with Crippen LogP contribution in [0.2, 0.25) is 0 Å². The Morgan fingerprint density at radius 3 is 2.57 bits per heavy atom. The molecule has 3 heteroatoms. The van der Waals surface area contributed by atoms with Crippen LogP contribution in [0.3, 0.4) is 0 Å². The van der Waals surface area contributed by atoms with Crippen LogP contribution >= 0.6 is 11.6 Å². The zero-order valence-corrected chi connectivity index (χ0v) is 8.37. The second-order valence-electron chi connectivity index (χ2n) is 2.54. The molecule has 1 aromatic carbocycles. The van der Waals surface area contributed by atoms with Crippen molar-refractivity contribution in [3.05, 3.63) is 47.8 Å². The molecule has 0 aliphatic heterocycles. The van der Waals surface area contributed by atoms with Crippen LogP contribution in [-0.4, -0.2) is 12.5 Å². The zero-order chi connectivity index (χ0) is 10.2. The van der Waals surface area contributed by atoms with E-state index in [0.29, 0.717) is 18.2 Å². The Morgan fingerprint density at radius 1 is 1.29 bits per heavy atom. The second-order valence-corrected chi connectivity index (χ2v) is 2.85. The van der Waals surface area contributed by atoms with E-state index in [0.717, 1.165) is 5.75 Å². The lowest BCUT2D eigenvalue weighted by atomic mass is 10.3. The van der Waals surface area contributed by atoms with Crippen LogP contribution in [0.5, 0.6) is 5.75 Å². The monoisotopic (exact) mass is 207 g/mol. The molecule has 1 aromatic rings. The third kappa shape index (κ3) is 3.51. The minimum Gasteiger partial charge on any atom is -0.490 e. The molecular formula is C11H10ClNO. The van der Waals surface area contributed by atoms with Gasteiger partial charge in [0.25, 0.3) is 0 Å². The highest BCUT2D eigenvalue weighted by atomic mass is 35.5. The first-order valence-electron chi connectivity index (χ1n) is 4.18. The maximum atomic E-state index is 6.77. The zero-order valence-electron chi connectivity index (χ0n) is 7.61. The molecule has 0 bridgehead atoms. The molecule has 0 aromatic heterocycles. The molecule has 0 heterocycles. The summed E-state index contributed by atoms with van der Waals surface area (Å²) in [6.07, 6.45) is 3.69. The Balaban J connectivity index is 2.45. The average Bonchev–Trinajstić information content (AvgIpc) is 2.25. The second kappa shape index (κ2) is 6.06. The quantitative estimate of drug-likeness (QED) is 0.419. The standard InChI is InChI=1S/C11H10ClNO/c1-13-10-4-6-11(7-5-10)14-9-3-2-8-12/h2-7H,8-9H2. The van der Waals surface area contributed by atoms with Gasteiger partial charge in [0.15, 0.2) is 5.69 Å². The van der Waals surface area contributed by atoms with Gasteiger partial charge in [0.05, 0.1) is 6.57 Å². The molecule has 0 saturated carbocycles. The summed E-state index contributed by atoms with van der Waals surface area (Å²) in [5.41, 5.74) is 0.619. The van der Waals surface area contributed by atoms with Crippen LogP contribution in [-0.2, 0) is 0 Å². The van der Waals surface area contributed by atoms with Crippen molar-refractivity contribution in [2.24, 2.45) is 0 Å². The molecule has 0 atom stereocenters. The first-order valence-corrected chi connectivity index (χ1v) is 4.71. The first-order chi connectivity index (χ1) is 6.86. The SMILES string of the molecule is [C-]#[N+]c1ccc(OCC=CCCl)cc1. The summed E-state index contributed by atoms with van der Waals surface area (Å²) in [4.78, 5) is 3.28. The van der Waals surface area contributed by atoms with Gasteiger partial charge in [0.1, 0.15) is 12.4 Å². The summed E-state index contributed by atoms with van der Waals surface area (Å²) in [5.74, 6) is 1.26. The third-order valence-corrected chi connectivity index (χ3v) is 1.75. The largest absolute Gasteiger partial charge is 0.490 e. The normalized spacial score (nSPS) is 10.0. The lowest BCUT2D eigenvalue weighted by Gasteiger charge is -2.01. The Kier molecular flexibility index (Phi) is 4.60. The van der Waals surface area contributed by atoms with Crippen molar-refractivity contribution in [3.8, 4) is 5.75 Å². The maximum absolute atomic E-state index is 6.77. The molecule has 0 fully saturated rings. The molecule has 0 radical (unpaired) electrons. The first kappa shape index (κ1) is 10.6. The Bertz CT molecular complexity index is 337. The van der Waals surface area contributed by atoms with E-state index in [1.165, 1.54) is 0 Å². The van der Waals surface area contributed by atoms with Crippen molar-refractivity contribution in [3.63, 3.8) is 0 Å². The van der Waals surface area contributed by atoms with E-state index in [9.17, 15) is 0 Å². The van der Waals surface area contributed by atoms with Crippen molar-refractivity contribution in [2.45, 2.75) is 0 Å². The molecule has 0 aliphatic rings. The van der Waals surface area contributed by atoms with Crippen LogP contribution in [0.25, 0.3) is 4.85 Å². The number of nitrogens with zero attached hydrogens (tertiary/aromatic N) is 1. The number of benzene rings is 1. The van der Waals surface area contributed by atoms with Crippen molar-refractivity contribution in [1.29, 1.82) is 0 Å². The van der Waals surface area contributed by atoms with Gasteiger partial charge in [-0.3, -0.25) is 0 Å². The predicted molar refractivity (Wildman–Crippen MR) is 58.1 cm³/mol. The number of allylic oxidation sites excluding steroid dienone is 1. The molecule has 1 rings (SSSR count). The number of ether oxygens (including phenoxy) is 1. The van der Waals surface area contributed by atoms with Gasteiger partial charge in [-0.15, -0.1) is 11.6 Å². The number of halogens is 1. The van der Waals surface area contributed by atoms with Crippen LogP contribution < -0.4 is 4.74 Å². The van der Waals surface area contributed by atoms with Crippen LogP contribution in [0.1, 0.15) is 0 Å². The number of hydrogen-bond acceptors (Lipinski definition) is 1. The lowest BCUT2D eigenvalue weighted by Crippen LogP contribution is -1.92. The summed E-state index contributed by atoms with van der Waals surface area (Å²) in [6.45, 7) is 7.27. The smallest absolute Gasteiger partial charge is 0.187 e. The van der Waals surface area contributed by atoms with Crippen molar-refractivity contribution >= 4 is 17.3 Å². The fourth-order valence-electron chi connectivity index (χ4n) is 0.892. The van der Waals surface area contributed by atoms with E-state index in [1.54, 1.807) is 24.3 Å². The van der Waals surface area contributed by atoms with Crippen LogP contribution in [0.15, 0.2) is 36.4 Å². The van der Waals surface area contributed by atoms with Gasteiger partial charge in [-0.2, -0.15) is 0 Å². The summed E-state index contributed by atoms with van der Waals surface area (Å²) in [7, 11) is 0. The van der Waals surface area contributed by atoms with Crippen molar-refractivity contribution in [1.82, 2.24) is 0 Å². The fourth-order valence-corrected chi connectivity index (χ4v) is 1.02. The lowest BCUT2D eigenvalue weighted by molar-refractivity contribution is 0.363. The Morgan fingerprint density at radius 2 is 2.00 bits per heavy atom. The molecule has 0 unspecified atom stereocenters. The maximum Gasteiger partial charge on any atom is 0.187 e. The van der Waals surface area contributed by atoms with Gasteiger partial charge in [0.2, 0.25) is 0 Å². The van der Waals surface area contributed by atoms with E-state index in [2.05, 4.69) is 4.85 Å². The number of rotatable bonds is 4. The minimum absolute atomic E-state index is 0.500. The highest BCUT2D eigenvalue weighted by Gasteiger charge is 1.92. The molecule has 0 N–H and O–H groups in total. The molecule has 0 saturated heterocycles. The van der Waals surface area contributed by atoms with Crippen molar-refractivity contribution < 1.29 is 4.74 Å². The highest BCUT2D eigenvalue weighted by Crippen LogP contribution is 2.17. The van der Waals surface area contributed by atoms with Gasteiger partial charge < -0.3 is 4.74 Å². The number of alkyl halides is 1. The molecule has 0 amide bonds. The van der Waals surface area contributed by atoms with Gasteiger partial charge >= 0.3 is 0 Å². The molecule has 2 nitrogen and oxygen atoms in total. The van der Waals surface area contributed by atoms with Crippen LogP contribution in [0, 0.1) is 6.57 Å². The van der Waals surface area contributed by atoms with Crippen LogP contribution in [0.4, 0.5) is 5.69 Å². The summed E-state index contributed by atoms with van der Waals surface area (Å²) in [5, 5.41) is 0. The predicted octanol–water partition coefficient (Wildman–Crippen LogP) is 3.41. The third-order valence-electron chi connectivity index (χ3n) is 1.57. The molecular weight excluding hydrogens is 198 g/mol. The number of hydrogen-bond donors (Lipinski definition) is 0. The highest BCUT2D eigenvalue weighted by molar-refractivity contribution is 6.18. The van der Waals surface area contributed by atoms with E-state index in [-0.39, 0.29) is 0 Å². The molecule has 0 spiro atoms. The minimum atomic E-state index is 0.500. The van der Waals surface area contributed by atoms with E-state index in [1.807, 2.05) is 12.2 Å². The van der Waals surface area contributed by atoms with Gasteiger partial charge in [0, 0.05) is 5.88 Å². The van der Waals surface area contributed by atoms with Crippen molar-refractivity contribution in [2.75, 3.05) is 12.5 Å². The fraction of sp³-hybridized carbons (Fsp3) is 0.182. The molecule has 0 aliphatic carbocycles. The summed E-state index contributed by atoms with van der Waals surface area (Å²) < 4.78 is 5.36. The summed E-state index contributed by atoms with van der Waals surface area (Å²) >= 11 is 5.45. The van der Waals surface area contributed by atoms with E-state index < -0.39 is 0 Å². The summed E-state index contributed by atoms with van der Waals surface area (Å²) in [6, 6.07) is 7.02. The average molecular weight is 208 g/mol. The molecule has 14 heavy (non-hydrogen) atoms. The van der Waals surface area contributed by atoms with Gasteiger partial charge in [-0.1, -0.05) is 24.3 Å². The Hall–Kier alpha value is -1.46.